The van der Waals surface area contributed by atoms with Gasteiger partial charge in [-0.15, -0.1) is 10.2 Å². The van der Waals surface area contributed by atoms with E-state index in [0.717, 1.165) is 47.4 Å². The molecule has 9 nitrogen and oxygen atoms in total. The van der Waals surface area contributed by atoms with E-state index in [1.807, 2.05) is 0 Å². The molecule has 0 spiro atoms. The Labute approximate surface area is 165 Å². The van der Waals surface area contributed by atoms with Crippen LogP contribution in [-0.4, -0.2) is 47.8 Å². The molecule has 0 bridgehead atoms. The zero-order valence-electron chi connectivity index (χ0n) is 15.2. The Hall–Kier alpha value is -2.49. The molecule has 0 saturated heterocycles. The highest BCUT2D eigenvalue weighted by atomic mass is 79.9. The van der Waals surface area contributed by atoms with Crippen LogP contribution in [0.1, 0.15) is 37.7 Å². The normalized spacial score (nSPS) is 12.7. The van der Waals surface area contributed by atoms with E-state index in [2.05, 4.69) is 67.8 Å². The van der Waals surface area contributed by atoms with Gasteiger partial charge in [0.2, 0.25) is 11.9 Å². The maximum atomic E-state index is 4.60. The summed E-state index contributed by atoms with van der Waals surface area (Å²) >= 11 is 3.46. The van der Waals surface area contributed by atoms with Crippen LogP contribution in [0.4, 0.5) is 17.7 Å². The van der Waals surface area contributed by atoms with Gasteiger partial charge in [-0.05, 0) is 28.4 Å². The quantitative estimate of drug-likeness (QED) is 0.528. The molecule has 2 N–H and O–H groups in total. The van der Waals surface area contributed by atoms with Gasteiger partial charge < -0.3 is 10.3 Å². The van der Waals surface area contributed by atoms with E-state index in [1.165, 1.54) is 12.8 Å². The molecule has 3 aromatic rings. The van der Waals surface area contributed by atoms with E-state index in [1.54, 1.807) is 18.5 Å². The van der Waals surface area contributed by atoms with Crippen LogP contribution in [0.15, 0.2) is 23.2 Å². The van der Waals surface area contributed by atoms with E-state index in [0.29, 0.717) is 19.0 Å². The summed E-state index contributed by atoms with van der Waals surface area (Å²) in [6, 6.07) is 1.80. The minimum absolute atomic E-state index is 0.622. The number of rotatable bonds is 8. The highest BCUT2D eigenvalue weighted by Gasteiger charge is 2.29. The maximum Gasteiger partial charge on any atom is 0.233 e. The van der Waals surface area contributed by atoms with Gasteiger partial charge in [0.25, 0.3) is 0 Å². The molecule has 0 fully saturated rings. The summed E-state index contributed by atoms with van der Waals surface area (Å²) in [4.78, 5) is 18.4. The topological polar surface area (TPSA) is 100 Å². The zero-order chi connectivity index (χ0) is 18.6. The van der Waals surface area contributed by atoms with Crippen LogP contribution in [0.3, 0.4) is 0 Å². The van der Waals surface area contributed by atoms with Crippen molar-refractivity contribution >= 4 is 33.6 Å². The third-order valence-electron chi connectivity index (χ3n) is 4.53. The molecule has 10 heteroatoms. The van der Waals surface area contributed by atoms with Crippen LogP contribution in [0.5, 0.6) is 0 Å². The largest absolute Gasteiger partial charge is 0.354 e. The molecule has 0 amide bonds. The Balaban J connectivity index is 1.51. The number of hydrogen-bond acceptors (Lipinski definition) is 7. The van der Waals surface area contributed by atoms with Crippen molar-refractivity contribution in [3.63, 3.8) is 0 Å². The van der Waals surface area contributed by atoms with Crippen LogP contribution in [-0.2, 0) is 13.0 Å². The molecule has 142 valence electrons. The summed E-state index contributed by atoms with van der Waals surface area (Å²) in [7, 11) is 0. The van der Waals surface area contributed by atoms with Gasteiger partial charge in [0.05, 0.1) is 12.2 Å². The number of anilines is 3. The van der Waals surface area contributed by atoms with Crippen molar-refractivity contribution in [2.24, 2.45) is 0 Å². The lowest BCUT2D eigenvalue weighted by Gasteiger charge is -2.27. The van der Waals surface area contributed by atoms with Gasteiger partial charge in [-0.3, -0.25) is 9.47 Å². The van der Waals surface area contributed by atoms with Gasteiger partial charge in [0, 0.05) is 31.9 Å². The molecule has 0 aromatic carbocycles. The van der Waals surface area contributed by atoms with Crippen molar-refractivity contribution in [3.8, 4) is 0 Å². The second-order valence-corrected chi connectivity index (χ2v) is 7.19. The standard InChI is InChI=1S/C17H22BrN9/c1-2-3-4-10-26-14-12(22-15(18)23-14)11-27-13(24-25-17(26)27)6-9-21-16-19-7-5-8-20-16/h5,7-8H,2-4,6,9-11H2,1H3,(H,22,23)(H,19,20,21). The number of nitrogens with one attached hydrogen (secondary N) is 2. The van der Waals surface area contributed by atoms with E-state index >= 15 is 0 Å². The van der Waals surface area contributed by atoms with Crippen molar-refractivity contribution in [2.75, 3.05) is 23.3 Å². The van der Waals surface area contributed by atoms with Crippen molar-refractivity contribution < 1.29 is 0 Å². The Morgan fingerprint density at radius 3 is 2.89 bits per heavy atom. The monoisotopic (exact) mass is 431 g/mol. The predicted octanol–water partition coefficient (Wildman–Crippen LogP) is 2.90. The number of imidazole rings is 1. The molecule has 0 radical (unpaired) electrons. The van der Waals surface area contributed by atoms with Crippen molar-refractivity contribution in [1.82, 2.24) is 34.7 Å². The van der Waals surface area contributed by atoms with Crippen LogP contribution < -0.4 is 10.2 Å². The summed E-state index contributed by atoms with van der Waals surface area (Å²) < 4.78 is 2.91. The minimum Gasteiger partial charge on any atom is -0.354 e. The first kappa shape index (κ1) is 17.9. The molecule has 3 aromatic heterocycles. The maximum absolute atomic E-state index is 4.60. The lowest BCUT2D eigenvalue weighted by atomic mass is 10.2. The van der Waals surface area contributed by atoms with Crippen molar-refractivity contribution in [1.29, 1.82) is 0 Å². The third-order valence-corrected chi connectivity index (χ3v) is 4.91. The Morgan fingerprint density at radius 2 is 2.07 bits per heavy atom. The van der Waals surface area contributed by atoms with Crippen molar-refractivity contribution in [2.45, 2.75) is 39.2 Å². The van der Waals surface area contributed by atoms with Crippen molar-refractivity contribution in [3.05, 3.63) is 34.7 Å². The van der Waals surface area contributed by atoms with Crippen LogP contribution in [0.2, 0.25) is 0 Å². The number of fused-ring (bicyclic) bond motifs is 2. The van der Waals surface area contributed by atoms with Crippen LogP contribution in [0.25, 0.3) is 0 Å². The number of nitrogens with zero attached hydrogens (tertiary/aromatic N) is 7. The number of H-pyrrole nitrogens is 1. The lowest BCUT2D eigenvalue weighted by molar-refractivity contribution is 0.650. The van der Waals surface area contributed by atoms with Gasteiger partial charge >= 0.3 is 0 Å². The fourth-order valence-corrected chi connectivity index (χ4v) is 3.64. The van der Waals surface area contributed by atoms with Gasteiger partial charge in [0.1, 0.15) is 5.82 Å². The molecule has 0 aliphatic carbocycles. The second kappa shape index (κ2) is 8.03. The first-order valence-corrected chi connectivity index (χ1v) is 10.0. The summed E-state index contributed by atoms with van der Waals surface area (Å²) in [6.45, 7) is 4.47. The summed E-state index contributed by atoms with van der Waals surface area (Å²) in [6.07, 6.45) is 7.63. The van der Waals surface area contributed by atoms with Gasteiger partial charge in [-0.25, -0.2) is 15.0 Å². The average Bonchev–Trinajstić information content (AvgIpc) is 3.25. The van der Waals surface area contributed by atoms with E-state index in [-0.39, 0.29) is 0 Å². The van der Waals surface area contributed by atoms with Gasteiger partial charge in [-0.1, -0.05) is 19.8 Å². The van der Waals surface area contributed by atoms with Crippen LogP contribution >= 0.6 is 15.9 Å². The number of aromatic nitrogens is 7. The fraction of sp³-hybridized carbons (Fsp3) is 0.471. The molecule has 1 aliphatic heterocycles. The van der Waals surface area contributed by atoms with Crippen LogP contribution in [0, 0.1) is 0 Å². The first-order chi connectivity index (χ1) is 13.3. The summed E-state index contributed by atoms with van der Waals surface area (Å²) in [5.41, 5.74) is 1.08. The number of halogens is 1. The number of aromatic amines is 1. The minimum atomic E-state index is 0.622. The average molecular weight is 432 g/mol. The Kier molecular flexibility index (Phi) is 5.33. The zero-order valence-corrected chi connectivity index (χ0v) is 16.8. The highest BCUT2D eigenvalue weighted by molar-refractivity contribution is 9.10. The molecule has 1 aliphatic rings. The Morgan fingerprint density at radius 1 is 1.22 bits per heavy atom. The molecule has 4 heterocycles. The Bertz CT molecular complexity index is 889. The first-order valence-electron chi connectivity index (χ1n) is 9.21. The molecule has 27 heavy (non-hydrogen) atoms. The molecule has 0 saturated carbocycles. The summed E-state index contributed by atoms with van der Waals surface area (Å²) in [5.74, 6) is 3.37. The fourth-order valence-electron chi connectivity index (χ4n) is 3.23. The highest BCUT2D eigenvalue weighted by Crippen LogP contribution is 2.33. The molecular weight excluding hydrogens is 410 g/mol. The SMILES string of the molecule is CCCCCN1c2nc(Br)[nH]c2Cn2c(CCNc3ncccn3)nnc21. The second-order valence-electron chi connectivity index (χ2n) is 6.44. The molecule has 0 unspecified atom stereocenters. The van der Waals surface area contributed by atoms with E-state index in [9.17, 15) is 0 Å². The lowest BCUT2D eigenvalue weighted by Crippen LogP contribution is -2.29. The smallest absolute Gasteiger partial charge is 0.233 e. The number of hydrogen-bond donors (Lipinski definition) is 2. The van der Waals surface area contributed by atoms with E-state index < -0.39 is 0 Å². The van der Waals surface area contributed by atoms with Gasteiger partial charge in [0.15, 0.2) is 10.6 Å². The molecular formula is C17H22BrN9. The van der Waals surface area contributed by atoms with E-state index in [4.69, 9.17) is 0 Å². The van der Waals surface area contributed by atoms with Gasteiger partial charge in [-0.2, -0.15) is 0 Å². The molecule has 4 rings (SSSR count). The summed E-state index contributed by atoms with van der Waals surface area (Å²) in [5, 5.41) is 12.1. The molecule has 0 atom stereocenters. The third kappa shape index (κ3) is 3.80. The predicted molar refractivity (Wildman–Crippen MR) is 106 cm³/mol. The number of unbranched alkanes of at least 4 members (excludes halogenated alkanes) is 2.